The van der Waals surface area contributed by atoms with Crippen LogP contribution in [0.1, 0.15) is 30.4 Å². The average molecular weight is 365 g/mol. The van der Waals surface area contributed by atoms with Crippen LogP contribution in [0.15, 0.2) is 39.9 Å². The van der Waals surface area contributed by atoms with Crippen LogP contribution in [-0.4, -0.2) is 33.0 Å². The maximum Gasteiger partial charge on any atom is 0.269 e. The van der Waals surface area contributed by atoms with Crippen LogP contribution in [0.25, 0.3) is 11.3 Å². The molecule has 3 aromatic rings. The average Bonchev–Trinajstić information content (AvgIpc) is 3.24. The summed E-state index contributed by atoms with van der Waals surface area (Å²) in [6.07, 6.45) is 4.69. The van der Waals surface area contributed by atoms with Crippen molar-refractivity contribution in [3.05, 3.63) is 58.0 Å². The van der Waals surface area contributed by atoms with Crippen molar-refractivity contribution < 1.29 is 4.52 Å². The number of aryl methyl sites for hydroxylation is 2. The van der Waals surface area contributed by atoms with Crippen LogP contribution in [0.3, 0.4) is 0 Å². The van der Waals surface area contributed by atoms with Gasteiger partial charge in [0, 0.05) is 42.2 Å². The fourth-order valence-electron chi connectivity index (χ4n) is 3.45. The Labute approximate surface area is 157 Å². The molecule has 1 fully saturated rings. The van der Waals surface area contributed by atoms with Gasteiger partial charge in [-0.25, -0.2) is 4.68 Å². The molecule has 1 aliphatic heterocycles. The summed E-state index contributed by atoms with van der Waals surface area (Å²) in [6.45, 7) is 8.27. The monoisotopic (exact) mass is 365 g/mol. The lowest BCUT2D eigenvalue weighted by Crippen LogP contribution is -2.27. The molecule has 0 spiro atoms. The molecular weight excluding hydrogens is 342 g/mol. The molecule has 27 heavy (non-hydrogen) atoms. The molecule has 0 N–H and O–H groups in total. The molecule has 0 radical (unpaired) electrons. The normalized spacial score (nSPS) is 16.9. The molecule has 0 unspecified atom stereocenters. The largest absolute Gasteiger partial charge is 0.370 e. The van der Waals surface area contributed by atoms with Gasteiger partial charge in [0.15, 0.2) is 0 Å². The zero-order valence-electron chi connectivity index (χ0n) is 15.8. The van der Waals surface area contributed by atoms with Crippen molar-refractivity contribution in [3.8, 4) is 11.3 Å². The molecule has 0 aliphatic carbocycles. The molecule has 3 aromatic heterocycles. The number of anilines is 1. The third-order valence-corrected chi connectivity index (χ3v) is 5.12. The van der Waals surface area contributed by atoms with E-state index >= 15 is 0 Å². The Hall–Kier alpha value is -2.96. The Bertz CT molecular complexity index is 1010. The van der Waals surface area contributed by atoms with Crippen molar-refractivity contribution >= 4 is 5.69 Å². The van der Waals surface area contributed by atoms with E-state index in [1.807, 2.05) is 26.0 Å². The number of pyridine rings is 1. The lowest BCUT2D eigenvalue weighted by Gasteiger charge is -2.17. The van der Waals surface area contributed by atoms with E-state index in [9.17, 15) is 4.79 Å². The van der Waals surface area contributed by atoms with Gasteiger partial charge >= 0.3 is 0 Å². The van der Waals surface area contributed by atoms with Crippen LogP contribution < -0.4 is 10.5 Å². The van der Waals surface area contributed by atoms with Crippen molar-refractivity contribution in [2.24, 2.45) is 5.92 Å². The van der Waals surface area contributed by atoms with E-state index in [4.69, 9.17) is 4.52 Å². The van der Waals surface area contributed by atoms with Crippen LogP contribution in [0.4, 0.5) is 5.69 Å². The second kappa shape index (κ2) is 6.98. The molecule has 0 bridgehead atoms. The summed E-state index contributed by atoms with van der Waals surface area (Å²) in [5.41, 5.74) is 4.11. The smallest absolute Gasteiger partial charge is 0.269 e. The molecule has 1 aliphatic rings. The van der Waals surface area contributed by atoms with Crippen molar-refractivity contribution in [2.75, 3.05) is 18.0 Å². The number of rotatable bonds is 4. The first-order valence-electron chi connectivity index (χ1n) is 9.21. The topological polar surface area (TPSA) is 77.0 Å². The lowest BCUT2D eigenvalue weighted by atomic mass is 10.1. The summed E-state index contributed by atoms with van der Waals surface area (Å²) >= 11 is 0. The van der Waals surface area contributed by atoms with Gasteiger partial charge in [0.25, 0.3) is 5.56 Å². The first-order chi connectivity index (χ1) is 13.0. The molecule has 7 nitrogen and oxygen atoms in total. The minimum absolute atomic E-state index is 0.124. The Kier molecular flexibility index (Phi) is 4.51. The van der Waals surface area contributed by atoms with Gasteiger partial charge in [-0.2, -0.15) is 5.10 Å². The molecule has 0 amide bonds. The molecule has 1 atom stereocenters. The highest BCUT2D eigenvalue weighted by molar-refractivity contribution is 5.62. The summed E-state index contributed by atoms with van der Waals surface area (Å²) in [4.78, 5) is 19.2. The van der Waals surface area contributed by atoms with E-state index in [1.165, 1.54) is 4.68 Å². The highest BCUT2D eigenvalue weighted by atomic mass is 16.5. The second-order valence-corrected chi connectivity index (χ2v) is 7.30. The fourth-order valence-corrected chi connectivity index (χ4v) is 3.45. The third kappa shape index (κ3) is 3.49. The zero-order valence-corrected chi connectivity index (χ0v) is 15.8. The SMILES string of the molecule is Cc1ccc(-c2noc(C)c2Cn2ncc(N3CC[C@@H](C)C3)cc2=O)cn1. The minimum atomic E-state index is -0.124. The number of hydrogen-bond acceptors (Lipinski definition) is 6. The van der Waals surface area contributed by atoms with Gasteiger partial charge in [-0.1, -0.05) is 12.1 Å². The van der Waals surface area contributed by atoms with E-state index in [0.29, 0.717) is 23.9 Å². The summed E-state index contributed by atoms with van der Waals surface area (Å²) < 4.78 is 6.83. The lowest BCUT2D eigenvalue weighted by molar-refractivity contribution is 0.397. The molecule has 0 saturated carbocycles. The number of hydrogen-bond donors (Lipinski definition) is 0. The molecule has 4 rings (SSSR count). The first-order valence-corrected chi connectivity index (χ1v) is 9.21. The Balaban J connectivity index is 1.62. The number of nitrogens with zero attached hydrogens (tertiary/aromatic N) is 5. The minimum Gasteiger partial charge on any atom is -0.370 e. The molecule has 4 heterocycles. The number of aromatic nitrogens is 4. The van der Waals surface area contributed by atoms with Gasteiger partial charge in [0.1, 0.15) is 11.5 Å². The molecular formula is C20H23N5O2. The second-order valence-electron chi connectivity index (χ2n) is 7.30. The predicted octanol–water partition coefficient (Wildman–Crippen LogP) is 2.80. The Morgan fingerprint density at radius 2 is 2.11 bits per heavy atom. The van der Waals surface area contributed by atoms with Gasteiger partial charge in [-0.3, -0.25) is 9.78 Å². The van der Waals surface area contributed by atoms with E-state index in [0.717, 1.165) is 42.0 Å². The van der Waals surface area contributed by atoms with Gasteiger partial charge in [0.2, 0.25) is 0 Å². The standard InChI is InChI=1S/C20H23N5O2/c1-13-6-7-24(11-13)17-8-19(26)25(22-10-17)12-18-15(3)27-23-20(18)16-5-4-14(2)21-9-16/h4-5,8-10,13H,6-7,11-12H2,1-3H3/t13-/m1/s1. The van der Waals surface area contributed by atoms with Gasteiger partial charge in [-0.05, 0) is 38.3 Å². The van der Waals surface area contributed by atoms with Crippen LogP contribution in [0.2, 0.25) is 0 Å². The molecule has 0 aromatic carbocycles. The highest BCUT2D eigenvalue weighted by Gasteiger charge is 2.21. The van der Waals surface area contributed by atoms with Crippen LogP contribution in [0, 0.1) is 19.8 Å². The maximum atomic E-state index is 12.6. The Morgan fingerprint density at radius 1 is 1.26 bits per heavy atom. The summed E-state index contributed by atoms with van der Waals surface area (Å²) in [5.74, 6) is 1.33. The molecule has 1 saturated heterocycles. The van der Waals surface area contributed by atoms with E-state index in [2.05, 4.69) is 27.1 Å². The third-order valence-electron chi connectivity index (χ3n) is 5.12. The van der Waals surface area contributed by atoms with E-state index in [-0.39, 0.29) is 5.56 Å². The zero-order chi connectivity index (χ0) is 19.0. The summed E-state index contributed by atoms with van der Waals surface area (Å²) in [7, 11) is 0. The predicted molar refractivity (Wildman–Crippen MR) is 103 cm³/mol. The van der Waals surface area contributed by atoms with Crippen molar-refractivity contribution in [1.29, 1.82) is 0 Å². The fraction of sp³-hybridized carbons (Fsp3) is 0.400. The quantitative estimate of drug-likeness (QED) is 0.708. The maximum absolute atomic E-state index is 12.6. The molecule has 140 valence electrons. The van der Waals surface area contributed by atoms with Crippen LogP contribution in [0.5, 0.6) is 0 Å². The van der Waals surface area contributed by atoms with Crippen molar-refractivity contribution in [2.45, 2.75) is 33.7 Å². The van der Waals surface area contributed by atoms with Gasteiger partial charge in [-0.15, -0.1) is 0 Å². The first kappa shape index (κ1) is 17.5. The summed E-state index contributed by atoms with van der Waals surface area (Å²) in [5, 5.41) is 8.55. The van der Waals surface area contributed by atoms with E-state index < -0.39 is 0 Å². The molecule has 7 heteroatoms. The van der Waals surface area contributed by atoms with Crippen LogP contribution >= 0.6 is 0 Å². The van der Waals surface area contributed by atoms with E-state index in [1.54, 1.807) is 18.5 Å². The van der Waals surface area contributed by atoms with Crippen molar-refractivity contribution in [1.82, 2.24) is 19.9 Å². The van der Waals surface area contributed by atoms with Crippen molar-refractivity contribution in [3.63, 3.8) is 0 Å². The van der Waals surface area contributed by atoms with Gasteiger partial charge in [0.05, 0.1) is 18.4 Å². The Morgan fingerprint density at radius 3 is 2.78 bits per heavy atom. The summed E-state index contributed by atoms with van der Waals surface area (Å²) in [6, 6.07) is 5.55. The van der Waals surface area contributed by atoms with Gasteiger partial charge < -0.3 is 9.42 Å². The highest BCUT2D eigenvalue weighted by Crippen LogP contribution is 2.26. The van der Waals surface area contributed by atoms with Crippen LogP contribution in [-0.2, 0) is 6.54 Å².